The van der Waals surface area contributed by atoms with Crippen LogP contribution in [0.4, 0.5) is 0 Å². The first-order valence-electron chi connectivity index (χ1n) is 13.1. The van der Waals surface area contributed by atoms with Crippen LogP contribution in [0.3, 0.4) is 0 Å². The van der Waals surface area contributed by atoms with Crippen LogP contribution in [0, 0.1) is 0 Å². The Balaban J connectivity index is 1.47. The Morgan fingerprint density at radius 3 is 1.51 bits per heavy atom. The molecule has 0 fully saturated rings. The average molecular weight is 511 g/mol. The molecule has 0 aliphatic rings. The molecule has 0 amide bonds. The van der Waals surface area contributed by atoms with E-state index in [0.29, 0.717) is 5.82 Å². The van der Waals surface area contributed by atoms with Crippen molar-refractivity contribution in [2.24, 2.45) is 0 Å². The summed E-state index contributed by atoms with van der Waals surface area (Å²) in [4.78, 5) is 9.86. The SMILES string of the molecule is CC(C)(O)C(C)(C)O[B]c1ccc(-c2cc(-c3ccc(-c4ccccc4)cc3)nc(-c3ccccc3)n2)cc1. The highest BCUT2D eigenvalue weighted by Gasteiger charge is 2.35. The van der Waals surface area contributed by atoms with Gasteiger partial charge in [-0.3, -0.25) is 0 Å². The van der Waals surface area contributed by atoms with Gasteiger partial charge in [-0.05, 0) is 44.9 Å². The monoisotopic (exact) mass is 511 g/mol. The number of aromatic nitrogens is 2. The van der Waals surface area contributed by atoms with Gasteiger partial charge in [0.15, 0.2) is 5.82 Å². The molecule has 5 heteroatoms. The second kappa shape index (κ2) is 11.0. The first-order chi connectivity index (χ1) is 18.7. The summed E-state index contributed by atoms with van der Waals surface area (Å²) in [5, 5.41) is 10.4. The summed E-state index contributed by atoms with van der Waals surface area (Å²) < 4.78 is 5.92. The zero-order chi connectivity index (χ0) is 27.5. The molecule has 0 bridgehead atoms. The first-order valence-corrected chi connectivity index (χ1v) is 13.1. The van der Waals surface area contributed by atoms with Crippen molar-refractivity contribution < 1.29 is 9.76 Å². The molecule has 1 heterocycles. The molecular weight excluding hydrogens is 479 g/mol. The molecule has 4 aromatic carbocycles. The molecule has 193 valence electrons. The van der Waals surface area contributed by atoms with Crippen LogP contribution in [0.2, 0.25) is 0 Å². The highest BCUT2D eigenvalue weighted by atomic mass is 16.5. The van der Waals surface area contributed by atoms with Gasteiger partial charge < -0.3 is 9.76 Å². The number of rotatable bonds is 8. The maximum Gasteiger partial charge on any atom is 0.330 e. The van der Waals surface area contributed by atoms with Gasteiger partial charge in [-0.2, -0.15) is 0 Å². The molecule has 1 aromatic heterocycles. The summed E-state index contributed by atoms with van der Waals surface area (Å²) in [6, 6.07) is 39.0. The lowest BCUT2D eigenvalue weighted by atomic mass is 9.82. The van der Waals surface area contributed by atoms with Gasteiger partial charge >= 0.3 is 7.48 Å². The topological polar surface area (TPSA) is 55.2 Å². The van der Waals surface area contributed by atoms with Gasteiger partial charge in [0, 0.05) is 16.7 Å². The van der Waals surface area contributed by atoms with Crippen molar-refractivity contribution in [3.8, 4) is 45.0 Å². The molecule has 0 unspecified atom stereocenters. The van der Waals surface area contributed by atoms with E-state index < -0.39 is 11.2 Å². The van der Waals surface area contributed by atoms with E-state index in [-0.39, 0.29) is 0 Å². The van der Waals surface area contributed by atoms with Gasteiger partial charge in [0.2, 0.25) is 0 Å². The van der Waals surface area contributed by atoms with Crippen molar-refractivity contribution in [3.05, 3.63) is 115 Å². The van der Waals surface area contributed by atoms with Gasteiger partial charge in [-0.1, -0.05) is 115 Å². The van der Waals surface area contributed by atoms with E-state index in [0.717, 1.165) is 33.5 Å². The summed E-state index contributed by atoms with van der Waals surface area (Å²) in [7, 11) is 1.69. The Kier molecular flexibility index (Phi) is 7.47. The van der Waals surface area contributed by atoms with E-state index in [2.05, 4.69) is 48.5 Å². The second-order valence-electron chi connectivity index (χ2n) is 10.7. The minimum atomic E-state index is -0.978. The standard InChI is InChI=1S/C34H32BN2O2/c1-33(2,38)34(3,4)39-35-29-21-19-27(20-22-29)31-23-30(36-32(37-31)28-13-9-6-10-14-28)26-17-15-25(16-18-26)24-11-7-5-8-12-24/h5-23,38H,1-4H3. The third kappa shape index (κ3) is 6.17. The predicted octanol–water partition coefficient (Wildman–Crippen LogP) is 6.96. The molecule has 0 aliphatic heterocycles. The lowest BCUT2D eigenvalue weighted by Gasteiger charge is -2.37. The minimum absolute atomic E-state index is 0.682. The lowest BCUT2D eigenvalue weighted by Crippen LogP contribution is -2.49. The zero-order valence-corrected chi connectivity index (χ0v) is 22.8. The Bertz CT molecular complexity index is 1530. The van der Waals surface area contributed by atoms with Crippen molar-refractivity contribution >= 4 is 12.9 Å². The molecule has 39 heavy (non-hydrogen) atoms. The Morgan fingerprint density at radius 2 is 1.00 bits per heavy atom. The summed E-state index contributed by atoms with van der Waals surface area (Å²) in [5.74, 6) is 0.682. The van der Waals surface area contributed by atoms with Gasteiger partial charge in [-0.15, -0.1) is 0 Å². The van der Waals surface area contributed by atoms with Gasteiger partial charge in [0.05, 0.1) is 22.6 Å². The van der Waals surface area contributed by atoms with Crippen LogP contribution in [0.5, 0.6) is 0 Å². The summed E-state index contributed by atoms with van der Waals surface area (Å²) >= 11 is 0. The molecular formula is C34H32BN2O2. The molecule has 5 aromatic rings. The Hall–Kier alpha value is -4.06. The van der Waals surface area contributed by atoms with Crippen LogP contribution in [0.25, 0.3) is 45.0 Å². The molecule has 0 atom stereocenters. The summed E-state index contributed by atoms with van der Waals surface area (Å²) in [5.41, 5.74) is 6.24. The molecule has 5 rings (SSSR count). The van der Waals surface area contributed by atoms with E-state index >= 15 is 0 Å². The fraction of sp³-hybridized carbons (Fsp3) is 0.176. The van der Waals surface area contributed by atoms with E-state index in [9.17, 15) is 5.11 Å². The van der Waals surface area contributed by atoms with Crippen molar-refractivity contribution in [3.63, 3.8) is 0 Å². The van der Waals surface area contributed by atoms with Crippen molar-refractivity contribution in [1.29, 1.82) is 0 Å². The van der Waals surface area contributed by atoms with Crippen LogP contribution in [0.15, 0.2) is 115 Å². The normalized spacial score (nSPS) is 11.8. The van der Waals surface area contributed by atoms with Crippen LogP contribution >= 0.6 is 0 Å². The highest BCUT2D eigenvalue weighted by Crippen LogP contribution is 2.29. The van der Waals surface area contributed by atoms with Gasteiger partial charge in [-0.25, -0.2) is 9.97 Å². The largest absolute Gasteiger partial charge is 0.427 e. The fourth-order valence-corrected chi connectivity index (χ4v) is 4.02. The Morgan fingerprint density at radius 1 is 0.564 bits per heavy atom. The highest BCUT2D eigenvalue weighted by molar-refractivity contribution is 6.47. The Labute approximate surface area is 231 Å². The van der Waals surface area contributed by atoms with Crippen LogP contribution in [0.1, 0.15) is 27.7 Å². The van der Waals surface area contributed by atoms with Gasteiger partial charge in [0.1, 0.15) is 0 Å². The van der Waals surface area contributed by atoms with Crippen molar-refractivity contribution in [2.45, 2.75) is 38.9 Å². The minimum Gasteiger partial charge on any atom is -0.427 e. The maximum absolute atomic E-state index is 10.4. The number of aliphatic hydroxyl groups is 1. The lowest BCUT2D eigenvalue weighted by molar-refractivity contribution is -0.0893. The number of benzene rings is 4. The third-order valence-corrected chi connectivity index (χ3v) is 7.22. The van der Waals surface area contributed by atoms with Crippen LogP contribution in [-0.2, 0) is 4.65 Å². The molecule has 0 aliphatic carbocycles. The number of hydrogen-bond donors (Lipinski definition) is 1. The predicted molar refractivity (Wildman–Crippen MR) is 161 cm³/mol. The van der Waals surface area contributed by atoms with E-state index in [4.69, 9.17) is 14.6 Å². The molecule has 0 saturated carbocycles. The van der Waals surface area contributed by atoms with Gasteiger partial charge in [0.25, 0.3) is 0 Å². The quantitative estimate of drug-likeness (QED) is 0.229. The number of nitrogens with zero attached hydrogens (tertiary/aromatic N) is 2. The van der Waals surface area contributed by atoms with Crippen molar-refractivity contribution in [1.82, 2.24) is 9.97 Å². The fourth-order valence-electron chi connectivity index (χ4n) is 4.02. The van der Waals surface area contributed by atoms with Crippen LogP contribution in [-0.4, -0.2) is 33.8 Å². The molecule has 0 saturated heterocycles. The summed E-state index contributed by atoms with van der Waals surface area (Å²) in [6.45, 7) is 7.24. The van der Waals surface area contributed by atoms with Crippen LogP contribution < -0.4 is 5.46 Å². The maximum atomic E-state index is 10.4. The zero-order valence-electron chi connectivity index (χ0n) is 22.8. The molecule has 4 nitrogen and oxygen atoms in total. The number of hydrogen-bond acceptors (Lipinski definition) is 4. The molecule has 1 N–H and O–H groups in total. The second-order valence-corrected chi connectivity index (χ2v) is 10.7. The molecule has 0 spiro atoms. The third-order valence-electron chi connectivity index (χ3n) is 7.22. The first kappa shape index (κ1) is 26.5. The van der Waals surface area contributed by atoms with E-state index in [1.807, 2.05) is 80.6 Å². The van der Waals surface area contributed by atoms with E-state index in [1.54, 1.807) is 21.3 Å². The van der Waals surface area contributed by atoms with E-state index in [1.165, 1.54) is 11.1 Å². The average Bonchev–Trinajstić information content (AvgIpc) is 2.96. The smallest absolute Gasteiger partial charge is 0.330 e. The van der Waals surface area contributed by atoms with Crippen molar-refractivity contribution in [2.75, 3.05) is 0 Å². The summed E-state index contributed by atoms with van der Waals surface area (Å²) in [6.07, 6.45) is 0. The molecule has 1 radical (unpaired) electrons.